The van der Waals surface area contributed by atoms with Crippen LogP contribution in [0, 0.1) is 5.92 Å². The number of aliphatic hydroxyl groups excluding tert-OH is 2. The van der Waals surface area contributed by atoms with E-state index in [1.807, 2.05) is 6.92 Å². The smallest absolute Gasteiger partial charge is 0.177 e. The minimum atomic E-state index is -0.875. The molecule has 0 radical (unpaired) electrons. The van der Waals surface area contributed by atoms with E-state index in [0.717, 1.165) is 48.8 Å². The molecule has 0 aromatic rings. The van der Waals surface area contributed by atoms with Crippen molar-refractivity contribution in [3.8, 4) is 0 Å². The van der Waals surface area contributed by atoms with Gasteiger partial charge in [-0.3, -0.25) is 0 Å². The minimum absolute atomic E-state index is 0.0905. The van der Waals surface area contributed by atoms with Gasteiger partial charge in [0.1, 0.15) is 0 Å². The summed E-state index contributed by atoms with van der Waals surface area (Å²) in [7, 11) is 0. The Morgan fingerprint density at radius 2 is 1.83 bits per heavy atom. The van der Waals surface area contributed by atoms with E-state index in [1.54, 1.807) is 0 Å². The molecule has 1 saturated heterocycles. The lowest BCUT2D eigenvalue weighted by Crippen LogP contribution is -2.16. The first-order valence-corrected chi connectivity index (χ1v) is 8.83. The Balaban J connectivity index is 1.84. The second kappa shape index (κ2) is 7.36. The summed E-state index contributed by atoms with van der Waals surface area (Å²) < 4.78 is 11.3. The molecule has 3 rings (SSSR count). The molecule has 24 heavy (non-hydrogen) atoms. The molecule has 2 aliphatic heterocycles. The first kappa shape index (κ1) is 17.6. The van der Waals surface area contributed by atoms with Crippen LogP contribution >= 0.6 is 0 Å². The third-order valence-corrected chi connectivity index (χ3v) is 5.24. The second-order valence-electron chi connectivity index (χ2n) is 7.25. The second-order valence-corrected chi connectivity index (χ2v) is 7.25. The average Bonchev–Trinajstić information content (AvgIpc) is 2.97. The quantitative estimate of drug-likeness (QED) is 0.668. The Labute approximate surface area is 144 Å². The molecule has 4 heteroatoms. The summed E-state index contributed by atoms with van der Waals surface area (Å²) >= 11 is 0. The lowest BCUT2D eigenvalue weighted by atomic mass is 9.88. The summed E-state index contributed by atoms with van der Waals surface area (Å²) in [4.78, 5) is 0. The SMILES string of the molecule is C=C1C(O)OC2/C=C(\C)CC3C=C(CC/C=C(\C)CCC12)C(O)O3. The van der Waals surface area contributed by atoms with E-state index in [2.05, 4.69) is 31.7 Å². The highest BCUT2D eigenvalue weighted by atomic mass is 16.6. The predicted octanol–water partition coefficient (Wildman–Crippen LogP) is 3.38. The highest BCUT2D eigenvalue weighted by Gasteiger charge is 2.36. The molecule has 3 aliphatic rings. The molecule has 1 fully saturated rings. The average molecular weight is 332 g/mol. The van der Waals surface area contributed by atoms with Gasteiger partial charge in [0.25, 0.3) is 0 Å². The zero-order valence-corrected chi connectivity index (χ0v) is 14.6. The third-order valence-electron chi connectivity index (χ3n) is 5.24. The van der Waals surface area contributed by atoms with E-state index in [-0.39, 0.29) is 18.1 Å². The van der Waals surface area contributed by atoms with Gasteiger partial charge in [-0.15, -0.1) is 0 Å². The fourth-order valence-electron chi connectivity index (χ4n) is 3.79. The van der Waals surface area contributed by atoms with E-state index >= 15 is 0 Å². The van der Waals surface area contributed by atoms with Crippen LogP contribution in [0.3, 0.4) is 0 Å². The number of aliphatic hydroxyl groups is 2. The number of ether oxygens (including phenoxy) is 2. The lowest BCUT2D eigenvalue weighted by Gasteiger charge is -2.17. The first-order chi connectivity index (χ1) is 11.4. The molecule has 0 amide bonds. The number of allylic oxidation sites excluding steroid dienone is 2. The minimum Gasteiger partial charge on any atom is -0.364 e. The van der Waals surface area contributed by atoms with E-state index in [1.165, 1.54) is 5.57 Å². The standard InChI is InChI=1S/C20H28O4/c1-12-5-4-6-15-11-16(23-20(15)22)9-13(2)10-18-17(8-7-12)14(3)19(21)24-18/h5,10-11,16-22H,3-4,6-9H2,1-2H3/b12-5+,13-10+. The van der Waals surface area contributed by atoms with Crippen molar-refractivity contribution in [3.05, 3.63) is 47.1 Å². The van der Waals surface area contributed by atoms with Gasteiger partial charge >= 0.3 is 0 Å². The van der Waals surface area contributed by atoms with Crippen molar-refractivity contribution in [2.45, 2.75) is 70.7 Å². The van der Waals surface area contributed by atoms with Crippen molar-refractivity contribution >= 4 is 0 Å². The van der Waals surface area contributed by atoms with Crippen LogP contribution in [0.1, 0.15) is 46.0 Å². The van der Waals surface area contributed by atoms with E-state index in [9.17, 15) is 10.2 Å². The zero-order chi connectivity index (χ0) is 17.3. The van der Waals surface area contributed by atoms with Crippen molar-refractivity contribution < 1.29 is 19.7 Å². The third kappa shape index (κ3) is 3.89. The molecule has 2 N–H and O–H groups in total. The lowest BCUT2D eigenvalue weighted by molar-refractivity contribution is -0.0801. The van der Waals surface area contributed by atoms with E-state index < -0.39 is 12.6 Å². The van der Waals surface area contributed by atoms with E-state index in [4.69, 9.17) is 9.47 Å². The molecular weight excluding hydrogens is 304 g/mol. The van der Waals surface area contributed by atoms with Gasteiger partial charge in [-0.2, -0.15) is 0 Å². The fourth-order valence-corrected chi connectivity index (χ4v) is 3.79. The van der Waals surface area contributed by atoms with Crippen LogP contribution in [0.15, 0.2) is 47.1 Å². The van der Waals surface area contributed by atoms with Gasteiger partial charge in [-0.25, -0.2) is 0 Å². The summed E-state index contributed by atoms with van der Waals surface area (Å²) in [6, 6.07) is 0. The Hall–Kier alpha value is -1.20. The van der Waals surface area contributed by atoms with Gasteiger partial charge in [-0.1, -0.05) is 36.0 Å². The highest BCUT2D eigenvalue weighted by molar-refractivity contribution is 5.22. The monoisotopic (exact) mass is 332 g/mol. The van der Waals surface area contributed by atoms with E-state index in [0.29, 0.717) is 0 Å². The Bertz CT molecular complexity index is 586. The normalized spacial score (nSPS) is 42.4. The van der Waals surface area contributed by atoms with Gasteiger partial charge < -0.3 is 19.7 Å². The summed E-state index contributed by atoms with van der Waals surface area (Å²) in [6.07, 6.45) is 8.84. The maximum absolute atomic E-state index is 10.1. The number of hydrogen-bond acceptors (Lipinski definition) is 4. The molecule has 2 heterocycles. The Morgan fingerprint density at radius 1 is 1.04 bits per heavy atom. The van der Waals surface area contributed by atoms with Crippen molar-refractivity contribution in [1.29, 1.82) is 0 Å². The largest absolute Gasteiger partial charge is 0.364 e. The number of hydrogen-bond donors (Lipinski definition) is 2. The Morgan fingerprint density at radius 3 is 2.62 bits per heavy atom. The number of rotatable bonds is 0. The molecule has 1 aliphatic carbocycles. The molecular formula is C20H28O4. The molecule has 0 aromatic carbocycles. The van der Waals surface area contributed by atoms with Crippen molar-refractivity contribution in [2.75, 3.05) is 0 Å². The van der Waals surface area contributed by atoms with Gasteiger partial charge in [-0.05, 0) is 57.1 Å². The van der Waals surface area contributed by atoms with Crippen molar-refractivity contribution in [2.24, 2.45) is 5.92 Å². The van der Waals surface area contributed by atoms with Gasteiger partial charge in [0.2, 0.25) is 0 Å². The highest BCUT2D eigenvalue weighted by Crippen LogP contribution is 2.36. The molecule has 0 saturated carbocycles. The molecule has 0 aromatic heterocycles. The summed E-state index contributed by atoms with van der Waals surface area (Å²) in [5, 5.41) is 20.1. The van der Waals surface area contributed by atoms with Crippen molar-refractivity contribution in [3.63, 3.8) is 0 Å². The van der Waals surface area contributed by atoms with Crippen LogP contribution in [0.25, 0.3) is 0 Å². The van der Waals surface area contributed by atoms with Crippen LogP contribution in [0.5, 0.6) is 0 Å². The fraction of sp³-hybridized carbons (Fsp3) is 0.600. The molecule has 2 bridgehead atoms. The topological polar surface area (TPSA) is 58.9 Å². The number of fused-ring (bicyclic) bond motifs is 2. The maximum Gasteiger partial charge on any atom is 0.177 e. The molecule has 0 spiro atoms. The van der Waals surface area contributed by atoms with Gasteiger partial charge in [0, 0.05) is 5.92 Å². The van der Waals surface area contributed by atoms with Crippen molar-refractivity contribution in [1.82, 2.24) is 0 Å². The molecule has 5 atom stereocenters. The molecule has 132 valence electrons. The van der Waals surface area contributed by atoms with Crippen LogP contribution in [0.2, 0.25) is 0 Å². The zero-order valence-electron chi connectivity index (χ0n) is 14.6. The molecule has 4 nitrogen and oxygen atoms in total. The van der Waals surface area contributed by atoms with Gasteiger partial charge in [0.15, 0.2) is 12.6 Å². The first-order valence-electron chi connectivity index (χ1n) is 8.83. The van der Waals surface area contributed by atoms with Crippen LogP contribution in [-0.2, 0) is 9.47 Å². The Kier molecular flexibility index (Phi) is 5.40. The summed E-state index contributed by atoms with van der Waals surface area (Å²) in [5.41, 5.74) is 4.23. The summed E-state index contributed by atoms with van der Waals surface area (Å²) in [5.74, 6) is 0.141. The van der Waals surface area contributed by atoms with Crippen LogP contribution in [0.4, 0.5) is 0 Å². The van der Waals surface area contributed by atoms with Crippen LogP contribution < -0.4 is 0 Å². The summed E-state index contributed by atoms with van der Waals surface area (Å²) in [6.45, 7) is 8.21. The van der Waals surface area contributed by atoms with Gasteiger partial charge in [0.05, 0.1) is 12.2 Å². The molecule has 5 unspecified atom stereocenters. The maximum atomic E-state index is 10.1. The predicted molar refractivity (Wildman–Crippen MR) is 93.1 cm³/mol. The van der Waals surface area contributed by atoms with Crippen LogP contribution in [-0.4, -0.2) is 35.0 Å².